The molecule has 4 rings (SSSR count). The molecule has 0 atom stereocenters. The van der Waals surface area contributed by atoms with Crippen molar-refractivity contribution < 1.29 is 5.11 Å². The lowest BCUT2D eigenvalue weighted by atomic mass is 9.98. The molecule has 2 aliphatic carbocycles. The Balaban J connectivity index is 0.000000174. The molecule has 2 aliphatic rings. The SMILES string of the molecule is OC1CCCCC1.c1ccc2c(c1)CCc1ccccc1C2. The van der Waals surface area contributed by atoms with Crippen LogP contribution >= 0.6 is 0 Å². The van der Waals surface area contributed by atoms with Crippen molar-refractivity contribution >= 4 is 0 Å². The van der Waals surface area contributed by atoms with Gasteiger partial charge < -0.3 is 5.11 Å². The fourth-order valence-corrected chi connectivity index (χ4v) is 3.50. The molecule has 0 unspecified atom stereocenters. The van der Waals surface area contributed by atoms with Gasteiger partial charge in [-0.3, -0.25) is 0 Å². The molecular weight excluding hydrogens is 268 g/mol. The van der Waals surface area contributed by atoms with Gasteiger partial charge in [0.25, 0.3) is 0 Å². The summed E-state index contributed by atoms with van der Waals surface area (Å²) in [4.78, 5) is 0. The van der Waals surface area contributed by atoms with E-state index in [1.165, 1.54) is 54.4 Å². The number of hydrogen-bond donors (Lipinski definition) is 1. The highest BCUT2D eigenvalue weighted by atomic mass is 16.3. The average molecular weight is 294 g/mol. The van der Waals surface area contributed by atoms with Gasteiger partial charge in [-0.15, -0.1) is 0 Å². The number of aliphatic hydroxyl groups excluding tert-OH is 1. The van der Waals surface area contributed by atoms with E-state index >= 15 is 0 Å². The van der Waals surface area contributed by atoms with E-state index in [-0.39, 0.29) is 6.10 Å². The van der Waals surface area contributed by atoms with E-state index in [4.69, 9.17) is 5.11 Å². The molecule has 0 spiro atoms. The van der Waals surface area contributed by atoms with Crippen molar-refractivity contribution in [2.75, 3.05) is 0 Å². The van der Waals surface area contributed by atoms with Crippen LogP contribution in [-0.4, -0.2) is 11.2 Å². The van der Waals surface area contributed by atoms with Crippen LogP contribution in [-0.2, 0) is 19.3 Å². The summed E-state index contributed by atoms with van der Waals surface area (Å²) in [5.74, 6) is 0. The molecule has 2 aromatic carbocycles. The normalized spacial score (nSPS) is 17.5. The third kappa shape index (κ3) is 3.98. The molecule has 2 aromatic rings. The lowest BCUT2D eigenvalue weighted by Gasteiger charge is -2.14. The summed E-state index contributed by atoms with van der Waals surface area (Å²) in [6.45, 7) is 0. The van der Waals surface area contributed by atoms with Crippen molar-refractivity contribution in [3.63, 3.8) is 0 Å². The predicted molar refractivity (Wildman–Crippen MR) is 92.2 cm³/mol. The topological polar surface area (TPSA) is 20.2 Å². The summed E-state index contributed by atoms with van der Waals surface area (Å²) in [7, 11) is 0. The molecular formula is C21H26O. The quantitative estimate of drug-likeness (QED) is 0.747. The van der Waals surface area contributed by atoms with Crippen molar-refractivity contribution in [1.82, 2.24) is 0 Å². The molecule has 22 heavy (non-hydrogen) atoms. The zero-order valence-corrected chi connectivity index (χ0v) is 13.3. The summed E-state index contributed by atoms with van der Waals surface area (Å²) in [6.07, 6.45) is 9.40. The van der Waals surface area contributed by atoms with Gasteiger partial charge in [-0.1, -0.05) is 67.8 Å². The first-order chi connectivity index (χ1) is 10.8. The Morgan fingerprint density at radius 3 is 1.50 bits per heavy atom. The van der Waals surface area contributed by atoms with E-state index in [0.717, 1.165) is 19.3 Å². The summed E-state index contributed by atoms with van der Waals surface area (Å²) < 4.78 is 0. The van der Waals surface area contributed by atoms with E-state index in [0.29, 0.717) is 0 Å². The number of aliphatic hydroxyl groups is 1. The molecule has 1 N–H and O–H groups in total. The van der Waals surface area contributed by atoms with Crippen molar-refractivity contribution in [3.05, 3.63) is 70.8 Å². The molecule has 1 fully saturated rings. The fraction of sp³-hybridized carbons (Fsp3) is 0.429. The van der Waals surface area contributed by atoms with Crippen molar-refractivity contribution in [1.29, 1.82) is 0 Å². The second kappa shape index (κ2) is 7.60. The van der Waals surface area contributed by atoms with Crippen molar-refractivity contribution in [2.45, 2.75) is 57.5 Å². The molecule has 1 nitrogen and oxygen atoms in total. The number of fused-ring (bicyclic) bond motifs is 2. The van der Waals surface area contributed by atoms with Crippen LogP contribution in [0.15, 0.2) is 48.5 Å². The highest BCUT2D eigenvalue weighted by Gasteiger charge is 2.11. The molecule has 1 saturated carbocycles. The maximum Gasteiger partial charge on any atom is 0.0540 e. The van der Waals surface area contributed by atoms with Crippen LogP contribution in [0.1, 0.15) is 54.4 Å². The van der Waals surface area contributed by atoms with Gasteiger partial charge >= 0.3 is 0 Å². The van der Waals surface area contributed by atoms with Gasteiger partial charge in [0.1, 0.15) is 0 Å². The standard InChI is InChI=1S/C15H14.C6H12O/c1-3-7-14-11-15-8-4-2-6-13(15)10-9-12(14)5-1;7-6-4-2-1-3-5-6/h1-8H,9-11H2;6-7H,1-5H2. The van der Waals surface area contributed by atoms with Crippen molar-refractivity contribution in [3.8, 4) is 0 Å². The van der Waals surface area contributed by atoms with Crippen LogP contribution in [0.5, 0.6) is 0 Å². The number of benzene rings is 2. The number of aryl methyl sites for hydroxylation is 2. The first kappa shape index (κ1) is 15.3. The Morgan fingerprint density at radius 1 is 0.636 bits per heavy atom. The predicted octanol–water partition coefficient (Wildman–Crippen LogP) is 4.69. The zero-order valence-electron chi connectivity index (χ0n) is 13.3. The third-order valence-corrected chi connectivity index (χ3v) is 4.86. The first-order valence-electron chi connectivity index (χ1n) is 8.64. The molecule has 0 aromatic heterocycles. The van der Waals surface area contributed by atoms with E-state index < -0.39 is 0 Å². The van der Waals surface area contributed by atoms with Crippen LogP contribution in [0.3, 0.4) is 0 Å². The van der Waals surface area contributed by atoms with E-state index in [9.17, 15) is 0 Å². The Hall–Kier alpha value is -1.60. The van der Waals surface area contributed by atoms with Crippen LogP contribution in [0.2, 0.25) is 0 Å². The summed E-state index contributed by atoms with van der Waals surface area (Å²) in [5, 5.41) is 8.91. The Morgan fingerprint density at radius 2 is 1.09 bits per heavy atom. The molecule has 0 aliphatic heterocycles. The van der Waals surface area contributed by atoms with E-state index in [2.05, 4.69) is 48.5 Å². The molecule has 0 saturated heterocycles. The maximum atomic E-state index is 8.91. The van der Waals surface area contributed by atoms with Gasteiger partial charge in [0.05, 0.1) is 6.10 Å². The second-order valence-corrected chi connectivity index (χ2v) is 6.51. The summed E-state index contributed by atoms with van der Waals surface area (Å²) in [5.41, 5.74) is 6.05. The minimum atomic E-state index is 0.0359. The largest absolute Gasteiger partial charge is 0.393 e. The van der Waals surface area contributed by atoms with Gasteiger partial charge in [-0.25, -0.2) is 0 Å². The van der Waals surface area contributed by atoms with Crippen LogP contribution in [0.4, 0.5) is 0 Å². The highest BCUT2D eigenvalue weighted by molar-refractivity contribution is 5.40. The number of rotatable bonds is 0. The lowest BCUT2D eigenvalue weighted by molar-refractivity contribution is 0.130. The molecule has 0 radical (unpaired) electrons. The van der Waals surface area contributed by atoms with Crippen LogP contribution in [0.25, 0.3) is 0 Å². The fourth-order valence-electron chi connectivity index (χ4n) is 3.50. The van der Waals surface area contributed by atoms with Crippen LogP contribution in [0, 0.1) is 0 Å². The molecule has 0 bridgehead atoms. The van der Waals surface area contributed by atoms with Gasteiger partial charge in [-0.05, 0) is 54.4 Å². The van der Waals surface area contributed by atoms with Gasteiger partial charge in [-0.2, -0.15) is 0 Å². The maximum absolute atomic E-state index is 8.91. The minimum Gasteiger partial charge on any atom is -0.393 e. The lowest BCUT2D eigenvalue weighted by Crippen LogP contribution is -2.09. The first-order valence-corrected chi connectivity index (χ1v) is 8.64. The van der Waals surface area contributed by atoms with Gasteiger partial charge in [0.2, 0.25) is 0 Å². The molecule has 0 heterocycles. The van der Waals surface area contributed by atoms with E-state index in [1.54, 1.807) is 0 Å². The monoisotopic (exact) mass is 294 g/mol. The minimum absolute atomic E-state index is 0.0359. The third-order valence-electron chi connectivity index (χ3n) is 4.86. The second-order valence-electron chi connectivity index (χ2n) is 6.51. The number of hydrogen-bond acceptors (Lipinski definition) is 1. The smallest absolute Gasteiger partial charge is 0.0540 e. The highest BCUT2D eigenvalue weighted by Crippen LogP contribution is 2.23. The van der Waals surface area contributed by atoms with E-state index in [1.807, 2.05) is 0 Å². The average Bonchev–Trinajstić information content (AvgIpc) is 2.75. The molecule has 116 valence electrons. The Bertz CT molecular complexity index is 551. The van der Waals surface area contributed by atoms with Crippen molar-refractivity contribution in [2.24, 2.45) is 0 Å². The zero-order chi connectivity index (χ0) is 15.2. The van der Waals surface area contributed by atoms with Gasteiger partial charge in [0, 0.05) is 0 Å². The molecule has 1 heteroatoms. The molecule has 0 amide bonds. The summed E-state index contributed by atoms with van der Waals surface area (Å²) in [6, 6.07) is 17.6. The summed E-state index contributed by atoms with van der Waals surface area (Å²) >= 11 is 0. The van der Waals surface area contributed by atoms with Crippen LogP contribution < -0.4 is 0 Å². The Kier molecular flexibility index (Phi) is 5.29. The Labute approximate surface area is 134 Å². The van der Waals surface area contributed by atoms with Gasteiger partial charge in [0.15, 0.2) is 0 Å².